The van der Waals surface area contributed by atoms with E-state index in [-0.39, 0.29) is 18.0 Å². The van der Waals surface area contributed by atoms with Crippen molar-refractivity contribution in [2.45, 2.75) is 19.0 Å². The predicted octanol–water partition coefficient (Wildman–Crippen LogP) is 0.178. The molecule has 0 spiro atoms. The molecule has 0 bridgehead atoms. The van der Waals surface area contributed by atoms with Gasteiger partial charge >= 0.3 is 0 Å². The van der Waals surface area contributed by atoms with Gasteiger partial charge in [0.1, 0.15) is 6.33 Å². The summed E-state index contributed by atoms with van der Waals surface area (Å²) in [6.07, 6.45) is 4.88. The van der Waals surface area contributed by atoms with E-state index < -0.39 is 5.92 Å². The summed E-state index contributed by atoms with van der Waals surface area (Å²) in [5, 5.41) is 7.33. The number of nitrogens with zero attached hydrogens (tertiary/aromatic N) is 4. The molecule has 7 nitrogen and oxygen atoms in total. The zero-order chi connectivity index (χ0) is 13.4. The number of carbonyl (C=O) groups excluding carboxylic acids is 1. The molecule has 0 unspecified atom stereocenters. The Labute approximate surface area is 109 Å². The fourth-order valence-corrected chi connectivity index (χ4v) is 2.58. The van der Waals surface area contributed by atoms with Crippen LogP contribution in [0.4, 0.5) is 5.95 Å². The van der Waals surface area contributed by atoms with Crippen LogP contribution >= 0.6 is 0 Å². The van der Waals surface area contributed by atoms with Crippen LogP contribution < -0.4 is 11.1 Å². The molecule has 1 amide bonds. The summed E-state index contributed by atoms with van der Waals surface area (Å²) in [5.74, 6) is -0.132. The van der Waals surface area contributed by atoms with Crippen molar-refractivity contribution in [3.8, 4) is 0 Å². The summed E-state index contributed by atoms with van der Waals surface area (Å²) in [4.78, 5) is 20.0. The van der Waals surface area contributed by atoms with Crippen LogP contribution in [0.1, 0.15) is 18.5 Å². The summed E-state index contributed by atoms with van der Waals surface area (Å²) in [6, 6.07) is 3.35. The molecule has 2 aromatic rings. The summed E-state index contributed by atoms with van der Waals surface area (Å²) in [6.45, 7) is 1.91. The molecule has 19 heavy (non-hydrogen) atoms. The molecule has 7 heteroatoms. The number of nitrogens with one attached hydrogen (secondary N) is 1. The predicted molar refractivity (Wildman–Crippen MR) is 68.2 cm³/mol. The molecule has 2 aromatic heterocycles. The van der Waals surface area contributed by atoms with E-state index in [4.69, 9.17) is 5.73 Å². The summed E-state index contributed by atoms with van der Waals surface area (Å²) in [7, 11) is 0. The van der Waals surface area contributed by atoms with Gasteiger partial charge in [0.15, 0.2) is 0 Å². The quantitative estimate of drug-likeness (QED) is 0.800. The number of hydrogen-bond donors (Lipinski definition) is 2. The fraction of sp³-hybridized carbons (Fsp3) is 0.333. The molecule has 1 aliphatic rings. The van der Waals surface area contributed by atoms with Crippen molar-refractivity contribution in [2.24, 2.45) is 11.7 Å². The van der Waals surface area contributed by atoms with Crippen molar-refractivity contribution < 1.29 is 4.79 Å². The van der Waals surface area contributed by atoms with Gasteiger partial charge in [0.05, 0.1) is 12.0 Å². The number of carbonyl (C=O) groups is 1. The van der Waals surface area contributed by atoms with Gasteiger partial charge in [0.2, 0.25) is 11.9 Å². The summed E-state index contributed by atoms with van der Waals surface area (Å²) >= 11 is 0. The minimum Gasteiger partial charge on any atom is -0.369 e. The van der Waals surface area contributed by atoms with E-state index in [9.17, 15) is 4.79 Å². The van der Waals surface area contributed by atoms with Gasteiger partial charge < -0.3 is 11.1 Å². The van der Waals surface area contributed by atoms with E-state index in [0.717, 1.165) is 5.56 Å². The third-order valence-corrected chi connectivity index (χ3v) is 3.43. The molecule has 0 aliphatic carbocycles. The van der Waals surface area contributed by atoms with Crippen LogP contribution in [0.25, 0.3) is 0 Å². The first-order valence-corrected chi connectivity index (χ1v) is 6.04. The van der Waals surface area contributed by atoms with Crippen molar-refractivity contribution in [3.05, 3.63) is 36.4 Å². The Morgan fingerprint density at radius 1 is 1.53 bits per heavy atom. The van der Waals surface area contributed by atoms with Crippen LogP contribution in [0.5, 0.6) is 0 Å². The normalized spacial score (nSPS) is 25.4. The second-order valence-corrected chi connectivity index (χ2v) is 4.62. The van der Waals surface area contributed by atoms with Gasteiger partial charge in [-0.25, -0.2) is 4.68 Å². The van der Waals surface area contributed by atoms with Crippen LogP contribution in [0, 0.1) is 5.92 Å². The first-order chi connectivity index (χ1) is 9.18. The molecule has 0 fully saturated rings. The van der Waals surface area contributed by atoms with E-state index in [1.54, 1.807) is 17.1 Å². The zero-order valence-electron chi connectivity index (χ0n) is 10.4. The van der Waals surface area contributed by atoms with Gasteiger partial charge in [0, 0.05) is 18.4 Å². The lowest BCUT2D eigenvalue weighted by molar-refractivity contribution is -0.123. The van der Waals surface area contributed by atoms with Crippen LogP contribution in [-0.4, -0.2) is 31.7 Å². The molecule has 0 saturated carbocycles. The number of pyridine rings is 1. The molecule has 3 rings (SSSR count). The first kappa shape index (κ1) is 11.6. The standard InChI is InChI=1S/C12H14N6O/c1-7-9(11(13)19)10(8-3-2-4-14-5-8)18-12(17-7)15-6-16-18/h2-7,9-10H,1H3,(H2,13,19)(H,15,16,17)/t7-,9+,10+/m1/s1. The van der Waals surface area contributed by atoms with Crippen LogP contribution in [-0.2, 0) is 4.79 Å². The average Bonchev–Trinajstić information content (AvgIpc) is 2.85. The Morgan fingerprint density at radius 2 is 2.37 bits per heavy atom. The number of amides is 1. The number of rotatable bonds is 2. The van der Waals surface area contributed by atoms with E-state index in [0.29, 0.717) is 5.95 Å². The molecular weight excluding hydrogens is 244 g/mol. The maximum atomic E-state index is 11.8. The van der Waals surface area contributed by atoms with E-state index >= 15 is 0 Å². The molecule has 3 heterocycles. The average molecular weight is 258 g/mol. The molecule has 0 saturated heterocycles. The Morgan fingerprint density at radius 3 is 3.05 bits per heavy atom. The van der Waals surface area contributed by atoms with Gasteiger partial charge in [-0.05, 0) is 18.6 Å². The second-order valence-electron chi connectivity index (χ2n) is 4.62. The highest BCUT2D eigenvalue weighted by Gasteiger charge is 2.40. The number of primary amides is 1. The molecular formula is C12H14N6O. The lowest BCUT2D eigenvalue weighted by Crippen LogP contribution is -2.47. The highest BCUT2D eigenvalue weighted by atomic mass is 16.1. The van der Waals surface area contributed by atoms with Crippen LogP contribution in [0.2, 0.25) is 0 Å². The second kappa shape index (κ2) is 4.34. The van der Waals surface area contributed by atoms with Crippen molar-refractivity contribution >= 4 is 11.9 Å². The van der Waals surface area contributed by atoms with Crippen molar-refractivity contribution in [1.82, 2.24) is 19.7 Å². The van der Waals surface area contributed by atoms with Gasteiger partial charge in [-0.15, -0.1) is 0 Å². The molecule has 3 N–H and O–H groups in total. The molecule has 1 aliphatic heterocycles. The lowest BCUT2D eigenvalue weighted by atomic mass is 9.86. The summed E-state index contributed by atoms with van der Waals surface area (Å²) < 4.78 is 1.69. The summed E-state index contributed by atoms with van der Waals surface area (Å²) in [5.41, 5.74) is 6.45. The SMILES string of the molecule is C[C@H]1Nc2ncnn2[C@@H](c2cccnc2)[C@H]1C(N)=O. The van der Waals surface area contributed by atoms with Crippen molar-refractivity contribution in [2.75, 3.05) is 5.32 Å². The van der Waals surface area contributed by atoms with Crippen molar-refractivity contribution in [3.63, 3.8) is 0 Å². The monoisotopic (exact) mass is 258 g/mol. The minimum atomic E-state index is -0.404. The maximum absolute atomic E-state index is 11.8. The number of fused-ring (bicyclic) bond motifs is 1. The molecule has 0 aromatic carbocycles. The Kier molecular flexibility index (Phi) is 2.66. The van der Waals surface area contributed by atoms with Gasteiger partial charge in [-0.1, -0.05) is 6.07 Å². The van der Waals surface area contributed by atoms with E-state index in [1.807, 2.05) is 19.1 Å². The Balaban J connectivity index is 2.14. The zero-order valence-corrected chi connectivity index (χ0v) is 10.4. The third-order valence-electron chi connectivity index (χ3n) is 3.43. The first-order valence-electron chi connectivity index (χ1n) is 6.04. The minimum absolute atomic E-state index is 0.112. The Hall–Kier alpha value is -2.44. The van der Waals surface area contributed by atoms with Crippen LogP contribution in [0.3, 0.4) is 0 Å². The molecule has 98 valence electrons. The Bertz CT molecular complexity index is 595. The van der Waals surface area contributed by atoms with E-state index in [2.05, 4.69) is 20.4 Å². The fourth-order valence-electron chi connectivity index (χ4n) is 2.58. The van der Waals surface area contributed by atoms with Crippen molar-refractivity contribution in [1.29, 1.82) is 0 Å². The van der Waals surface area contributed by atoms with Gasteiger partial charge in [-0.2, -0.15) is 10.1 Å². The van der Waals surface area contributed by atoms with E-state index in [1.165, 1.54) is 6.33 Å². The third kappa shape index (κ3) is 1.83. The smallest absolute Gasteiger partial charge is 0.225 e. The lowest BCUT2D eigenvalue weighted by Gasteiger charge is -2.35. The number of nitrogens with two attached hydrogens (primary N) is 1. The molecule has 0 radical (unpaired) electrons. The van der Waals surface area contributed by atoms with Gasteiger partial charge in [-0.3, -0.25) is 9.78 Å². The topological polar surface area (TPSA) is 98.7 Å². The largest absolute Gasteiger partial charge is 0.369 e. The molecule has 3 atom stereocenters. The maximum Gasteiger partial charge on any atom is 0.225 e. The number of anilines is 1. The highest BCUT2D eigenvalue weighted by Crippen LogP contribution is 2.34. The van der Waals surface area contributed by atoms with Gasteiger partial charge in [0.25, 0.3) is 0 Å². The van der Waals surface area contributed by atoms with Crippen LogP contribution in [0.15, 0.2) is 30.9 Å². The highest BCUT2D eigenvalue weighted by molar-refractivity contribution is 5.79. The number of hydrogen-bond acceptors (Lipinski definition) is 5. The number of aromatic nitrogens is 4.